The van der Waals surface area contributed by atoms with Crippen LogP contribution in [-0.4, -0.2) is 24.9 Å². The zero-order valence-corrected chi connectivity index (χ0v) is 13.3. The van der Waals surface area contributed by atoms with Crippen LogP contribution >= 0.6 is 11.3 Å². The standard InChI is InChI=1S/C17H18N2O2S/c1-2-9-18-16(20)15-11-13-14(22-15)8-10-19(13)17(21)12-6-4-3-5-7-12/h3-7,11H,2,8-10H2,1H3,(H,18,20). The molecule has 0 unspecified atom stereocenters. The van der Waals surface area contributed by atoms with Crippen molar-refractivity contribution in [1.82, 2.24) is 5.32 Å². The van der Waals surface area contributed by atoms with E-state index in [4.69, 9.17) is 0 Å². The normalized spacial score (nSPS) is 13.0. The molecule has 3 rings (SSSR count). The van der Waals surface area contributed by atoms with E-state index in [0.29, 0.717) is 23.5 Å². The molecule has 0 saturated carbocycles. The van der Waals surface area contributed by atoms with Crippen molar-refractivity contribution in [1.29, 1.82) is 0 Å². The fourth-order valence-corrected chi connectivity index (χ4v) is 3.61. The number of hydrogen-bond donors (Lipinski definition) is 1. The minimum atomic E-state index is -0.0478. The number of carbonyl (C=O) groups excluding carboxylic acids is 2. The number of anilines is 1. The van der Waals surface area contributed by atoms with Crippen LogP contribution in [0.2, 0.25) is 0 Å². The second-order valence-corrected chi connectivity index (χ2v) is 6.38. The maximum absolute atomic E-state index is 12.6. The van der Waals surface area contributed by atoms with Gasteiger partial charge in [0.2, 0.25) is 0 Å². The van der Waals surface area contributed by atoms with Crippen LogP contribution in [-0.2, 0) is 6.42 Å². The quantitative estimate of drug-likeness (QED) is 0.943. The summed E-state index contributed by atoms with van der Waals surface area (Å²) in [5, 5.41) is 2.88. The number of carbonyl (C=O) groups is 2. The number of thiophene rings is 1. The lowest BCUT2D eigenvalue weighted by atomic mass is 10.2. The van der Waals surface area contributed by atoms with Crippen LogP contribution in [0.1, 0.15) is 38.3 Å². The first-order valence-corrected chi connectivity index (χ1v) is 8.30. The minimum Gasteiger partial charge on any atom is -0.351 e. The molecule has 5 heteroatoms. The first-order chi connectivity index (χ1) is 10.7. The van der Waals surface area contributed by atoms with Crippen molar-refractivity contribution in [2.75, 3.05) is 18.0 Å². The summed E-state index contributed by atoms with van der Waals surface area (Å²) in [4.78, 5) is 28.2. The van der Waals surface area contributed by atoms with E-state index in [9.17, 15) is 9.59 Å². The molecule has 0 radical (unpaired) electrons. The van der Waals surface area contributed by atoms with Gasteiger partial charge < -0.3 is 10.2 Å². The second-order valence-electron chi connectivity index (χ2n) is 5.25. The molecular formula is C17H18N2O2S. The van der Waals surface area contributed by atoms with Crippen molar-refractivity contribution < 1.29 is 9.59 Å². The first kappa shape index (κ1) is 14.8. The van der Waals surface area contributed by atoms with Crippen LogP contribution in [0.25, 0.3) is 0 Å². The van der Waals surface area contributed by atoms with Crippen LogP contribution in [0.4, 0.5) is 5.69 Å². The van der Waals surface area contributed by atoms with Crippen molar-refractivity contribution in [3.05, 3.63) is 51.7 Å². The molecule has 1 N–H and O–H groups in total. The fourth-order valence-electron chi connectivity index (χ4n) is 2.55. The van der Waals surface area contributed by atoms with E-state index in [1.165, 1.54) is 11.3 Å². The molecule has 0 bridgehead atoms. The summed E-state index contributed by atoms with van der Waals surface area (Å²) in [7, 11) is 0. The van der Waals surface area contributed by atoms with Crippen molar-refractivity contribution in [3.8, 4) is 0 Å². The average molecular weight is 314 g/mol. The van der Waals surface area contributed by atoms with Gasteiger partial charge in [-0.2, -0.15) is 0 Å². The van der Waals surface area contributed by atoms with Gasteiger partial charge in [-0.25, -0.2) is 0 Å². The lowest BCUT2D eigenvalue weighted by molar-refractivity contribution is 0.0954. The monoisotopic (exact) mass is 314 g/mol. The molecule has 4 nitrogen and oxygen atoms in total. The minimum absolute atomic E-state index is 0.00216. The molecule has 1 aromatic carbocycles. The molecular weight excluding hydrogens is 296 g/mol. The van der Waals surface area contributed by atoms with Gasteiger partial charge in [-0.1, -0.05) is 25.1 Å². The van der Waals surface area contributed by atoms with Crippen LogP contribution in [0.15, 0.2) is 36.4 Å². The lowest BCUT2D eigenvalue weighted by Gasteiger charge is -2.16. The molecule has 0 atom stereocenters. The Morgan fingerprint density at radius 1 is 1.27 bits per heavy atom. The maximum atomic E-state index is 12.6. The summed E-state index contributed by atoms with van der Waals surface area (Å²) in [6.45, 7) is 3.38. The van der Waals surface area contributed by atoms with Crippen molar-refractivity contribution in [3.63, 3.8) is 0 Å². The molecule has 0 fully saturated rings. The van der Waals surface area contributed by atoms with E-state index in [0.717, 1.165) is 23.4 Å². The smallest absolute Gasteiger partial charge is 0.261 e. The van der Waals surface area contributed by atoms with E-state index in [1.54, 1.807) is 4.90 Å². The Balaban J connectivity index is 1.81. The molecule has 0 aliphatic carbocycles. The van der Waals surface area contributed by atoms with E-state index >= 15 is 0 Å². The molecule has 2 amide bonds. The Morgan fingerprint density at radius 3 is 2.77 bits per heavy atom. The molecule has 2 aromatic rings. The van der Waals surface area contributed by atoms with E-state index in [1.807, 2.05) is 43.3 Å². The van der Waals surface area contributed by atoms with Gasteiger partial charge in [-0.3, -0.25) is 9.59 Å². The maximum Gasteiger partial charge on any atom is 0.261 e. The predicted molar refractivity (Wildman–Crippen MR) is 88.8 cm³/mol. The summed E-state index contributed by atoms with van der Waals surface area (Å²) in [6.07, 6.45) is 1.73. The highest BCUT2D eigenvalue weighted by atomic mass is 32.1. The number of amides is 2. The third kappa shape index (κ3) is 2.76. The number of nitrogens with one attached hydrogen (secondary N) is 1. The summed E-state index contributed by atoms with van der Waals surface area (Å²) in [6, 6.07) is 11.1. The van der Waals surface area contributed by atoms with Crippen molar-refractivity contribution in [2.24, 2.45) is 0 Å². The highest BCUT2D eigenvalue weighted by Crippen LogP contribution is 2.36. The Bertz CT molecular complexity index is 694. The van der Waals surface area contributed by atoms with Gasteiger partial charge in [0.15, 0.2) is 0 Å². The fraction of sp³-hybridized carbons (Fsp3) is 0.294. The molecule has 22 heavy (non-hydrogen) atoms. The van der Waals surface area contributed by atoms with E-state index in [-0.39, 0.29) is 11.8 Å². The number of rotatable bonds is 4. The highest BCUT2D eigenvalue weighted by Gasteiger charge is 2.29. The van der Waals surface area contributed by atoms with Gasteiger partial charge in [0.1, 0.15) is 0 Å². The zero-order valence-electron chi connectivity index (χ0n) is 12.5. The predicted octanol–water partition coefficient (Wildman–Crippen LogP) is 3.09. The van der Waals surface area contributed by atoms with Gasteiger partial charge in [0.05, 0.1) is 10.6 Å². The van der Waals surface area contributed by atoms with Crippen molar-refractivity contribution in [2.45, 2.75) is 19.8 Å². The van der Waals surface area contributed by atoms with Crippen molar-refractivity contribution >= 4 is 28.8 Å². The molecule has 1 aromatic heterocycles. The molecule has 2 heterocycles. The Hall–Kier alpha value is -2.14. The van der Waals surface area contributed by atoms with Crippen LogP contribution in [0.3, 0.4) is 0 Å². The summed E-state index contributed by atoms with van der Waals surface area (Å²) < 4.78 is 0. The zero-order chi connectivity index (χ0) is 15.5. The van der Waals surface area contributed by atoms with Gasteiger partial charge in [-0.15, -0.1) is 11.3 Å². The molecule has 1 aliphatic rings. The SMILES string of the molecule is CCCNC(=O)c1cc2c(s1)CCN2C(=O)c1ccccc1. The van der Waals surface area contributed by atoms with E-state index < -0.39 is 0 Å². The Kier molecular flexibility index (Phi) is 4.24. The number of hydrogen-bond acceptors (Lipinski definition) is 3. The van der Waals surface area contributed by atoms with Gasteiger partial charge >= 0.3 is 0 Å². The van der Waals surface area contributed by atoms with Gasteiger partial charge in [-0.05, 0) is 24.6 Å². The highest BCUT2D eigenvalue weighted by molar-refractivity contribution is 7.14. The van der Waals surface area contributed by atoms with Gasteiger partial charge in [0.25, 0.3) is 11.8 Å². The summed E-state index contributed by atoms with van der Waals surface area (Å²) in [5.74, 6) is -0.0500. The van der Waals surface area contributed by atoms with Crippen LogP contribution < -0.4 is 10.2 Å². The van der Waals surface area contributed by atoms with Crippen LogP contribution in [0.5, 0.6) is 0 Å². The second kappa shape index (κ2) is 6.32. The Labute approximate surface area is 133 Å². The molecule has 114 valence electrons. The molecule has 0 spiro atoms. The van der Waals surface area contributed by atoms with E-state index in [2.05, 4.69) is 5.32 Å². The Morgan fingerprint density at radius 2 is 2.05 bits per heavy atom. The first-order valence-electron chi connectivity index (χ1n) is 7.48. The lowest BCUT2D eigenvalue weighted by Crippen LogP contribution is -2.29. The third-order valence-corrected chi connectivity index (χ3v) is 4.85. The average Bonchev–Trinajstić information content (AvgIpc) is 3.13. The summed E-state index contributed by atoms with van der Waals surface area (Å²) >= 11 is 1.49. The van der Waals surface area contributed by atoms with Gasteiger partial charge in [0, 0.05) is 30.0 Å². The summed E-state index contributed by atoms with van der Waals surface area (Å²) in [5.41, 5.74) is 1.57. The van der Waals surface area contributed by atoms with Crippen LogP contribution in [0, 0.1) is 0 Å². The number of fused-ring (bicyclic) bond motifs is 1. The number of benzene rings is 1. The molecule has 0 saturated heterocycles. The largest absolute Gasteiger partial charge is 0.351 e. The number of nitrogens with zero attached hydrogens (tertiary/aromatic N) is 1. The molecule has 1 aliphatic heterocycles. The third-order valence-electron chi connectivity index (χ3n) is 3.67. The topological polar surface area (TPSA) is 49.4 Å².